The molecular weight excluding hydrogens is 374 g/mol. The second-order valence-electron chi connectivity index (χ2n) is 4.53. The normalized spacial score (nSPS) is 11.3. The summed E-state index contributed by atoms with van der Waals surface area (Å²) in [5.74, 6) is -1.04. The van der Waals surface area contributed by atoms with Crippen LogP contribution in [0.1, 0.15) is 4.88 Å². The van der Waals surface area contributed by atoms with Crippen LogP contribution < -0.4 is 4.90 Å². The fraction of sp³-hybridized carbons (Fsp3) is 0.214. The first-order valence-electron chi connectivity index (χ1n) is 6.13. The summed E-state index contributed by atoms with van der Waals surface area (Å²) in [5.41, 5.74) is 0.677. The largest absolute Gasteiger partial charge is 0.315 e. The molecule has 1 heterocycles. The molecule has 21 heavy (non-hydrogen) atoms. The molecule has 0 spiro atoms. The van der Waals surface area contributed by atoms with E-state index in [9.17, 15) is 13.2 Å². The number of thiophene rings is 1. The summed E-state index contributed by atoms with van der Waals surface area (Å²) in [6.45, 7) is 0. The highest BCUT2D eigenvalue weighted by Gasteiger charge is 2.21. The summed E-state index contributed by atoms with van der Waals surface area (Å²) < 4.78 is 25.1. The average molecular weight is 388 g/mol. The standard InChI is InChI=1S/C14H14BrNO3S2/c1-16(11-5-3-2-4-6-11)14(17)10-21(18,19)9-12-7-8-13(15)20-12/h2-8H,9-10H2,1H3. The van der Waals surface area contributed by atoms with Crippen LogP contribution in [-0.2, 0) is 20.4 Å². The molecule has 0 saturated heterocycles. The van der Waals surface area contributed by atoms with Gasteiger partial charge < -0.3 is 4.90 Å². The first kappa shape index (κ1) is 16.2. The molecule has 2 aromatic rings. The average Bonchev–Trinajstić information content (AvgIpc) is 2.82. The summed E-state index contributed by atoms with van der Waals surface area (Å²) in [5, 5.41) is 0. The van der Waals surface area contributed by atoms with Gasteiger partial charge in [0, 0.05) is 17.6 Å². The molecule has 0 atom stereocenters. The molecule has 1 aromatic heterocycles. The number of halogens is 1. The molecular formula is C14H14BrNO3S2. The molecule has 4 nitrogen and oxygen atoms in total. The number of benzene rings is 1. The minimum absolute atomic E-state index is 0.113. The van der Waals surface area contributed by atoms with Gasteiger partial charge in [-0.3, -0.25) is 4.79 Å². The Morgan fingerprint density at radius 1 is 1.19 bits per heavy atom. The van der Waals surface area contributed by atoms with E-state index in [-0.39, 0.29) is 5.75 Å². The van der Waals surface area contributed by atoms with Crippen molar-refractivity contribution in [3.63, 3.8) is 0 Å². The van der Waals surface area contributed by atoms with Crippen molar-refractivity contribution in [1.29, 1.82) is 0 Å². The smallest absolute Gasteiger partial charge is 0.241 e. The lowest BCUT2D eigenvalue weighted by Gasteiger charge is -2.17. The van der Waals surface area contributed by atoms with Crippen molar-refractivity contribution in [2.45, 2.75) is 5.75 Å². The van der Waals surface area contributed by atoms with Crippen molar-refractivity contribution in [3.05, 3.63) is 51.1 Å². The van der Waals surface area contributed by atoms with Gasteiger partial charge in [-0.2, -0.15) is 0 Å². The predicted molar refractivity (Wildman–Crippen MR) is 89.4 cm³/mol. The van der Waals surface area contributed by atoms with Gasteiger partial charge in [0.15, 0.2) is 9.84 Å². The molecule has 0 unspecified atom stereocenters. The highest BCUT2D eigenvalue weighted by molar-refractivity contribution is 9.11. The quantitative estimate of drug-likeness (QED) is 0.791. The second kappa shape index (κ2) is 6.72. The number of sulfone groups is 1. The van der Waals surface area contributed by atoms with Gasteiger partial charge in [-0.15, -0.1) is 11.3 Å². The molecule has 0 bridgehead atoms. The number of rotatable bonds is 5. The van der Waals surface area contributed by atoms with Crippen LogP contribution in [0.3, 0.4) is 0 Å². The van der Waals surface area contributed by atoms with Gasteiger partial charge in [0.25, 0.3) is 0 Å². The minimum Gasteiger partial charge on any atom is -0.315 e. The summed E-state index contributed by atoms with van der Waals surface area (Å²) in [6, 6.07) is 12.5. The van der Waals surface area contributed by atoms with Gasteiger partial charge in [-0.1, -0.05) is 18.2 Å². The fourth-order valence-electron chi connectivity index (χ4n) is 1.78. The van der Waals surface area contributed by atoms with Gasteiger partial charge in [0.2, 0.25) is 5.91 Å². The van der Waals surface area contributed by atoms with E-state index in [1.807, 2.05) is 6.07 Å². The summed E-state index contributed by atoms with van der Waals surface area (Å²) >= 11 is 4.65. The van der Waals surface area contributed by atoms with E-state index < -0.39 is 21.5 Å². The maximum absolute atomic E-state index is 12.1. The van der Waals surface area contributed by atoms with E-state index in [0.29, 0.717) is 5.69 Å². The highest BCUT2D eigenvalue weighted by Crippen LogP contribution is 2.24. The van der Waals surface area contributed by atoms with Crippen molar-refractivity contribution in [2.75, 3.05) is 17.7 Å². The fourth-order valence-corrected chi connectivity index (χ4v) is 5.03. The maximum atomic E-state index is 12.1. The SMILES string of the molecule is CN(C(=O)CS(=O)(=O)Cc1ccc(Br)s1)c1ccccc1. The Bertz CT molecular complexity index is 726. The Morgan fingerprint density at radius 3 is 2.43 bits per heavy atom. The van der Waals surface area contributed by atoms with E-state index in [0.717, 1.165) is 8.66 Å². The van der Waals surface area contributed by atoms with E-state index in [1.165, 1.54) is 16.2 Å². The van der Waals surface area contributed by atoms with Crippen molar-refractivity contribution in [1.82, 2.24) is 0 Å². The zero-order chi connectivity index (χ0) is 15.5. The van der Waals surface area contributed by atoms with Gasteiger partial charge in [-0.05, 0) is 40.2 Å². The Balaban J connectivity index is 2.04. The van der Waals surface area contributed by atoms with Gasteiger partial charge in [0.05, 0.1) is 9.54 Å². The highest BCUT2D eigenvalue weighted by atomic mass is 79.9. The molecule has 0 aliphatic rings. The number of carbonyl (C=O) groups is 1. The lowest BCUT2D eigenvalue weighted by Crippen LogP contribution is -2.32. The molecule has 2 rings (SSSR count). The molecule has 0 radical (unpaired) electrons. The van der Waals surface area contributed by atoms with Crippen LogP contribution in [0, 0.1) is 0 Å². The Labute approximate surface area is 136 Å². The molecule has 112 valence electrons. The van der Waals surface area contributed by atoms with Crippen LogP contribution in [0.2, 0.25) is 0 Å². The van der Waals surface area contributed by atoms with Crippen LogP contribution in [0.15, 0.2) is 46.3 Å². The zero-order valence-corrected chi connectivity index (χ0v) is 14.5. The molecule has 1 amide bonds. The number of hydrogen-bond donors (Lipinski definition) is 0. The van der Waals surface area contributed by atoms with Crippen molar-refractivity contribution in [3.8, 4) is 0 Å². The minimum atomic E-state index is -3.48. The molecule has 0 fully saturated rings. The summed E-state index contributed by atoms with van der Waals surface area (Å²) in [7, 11) is -1.90. The number of carbonyl (C=O) groups excluding carboxylic acids is 1. The number of anilines is 1. The molecule has 1 aromatic carbocycles. The van der Waals surface area contributed by atoms with E-state index in [2.05, 4.69) is 15.9 Å². The maximum Gasteiger partial charge on any atom is 0.241 e. The topological polar surface area (TPSA) is 54.5 Å². The first-order valence-corrected chi connectivity index (χ1v) is 9.57. The predicted octanol–water partition coefficient (Wildman–Crippen LogP) is 3.09. The van der Waals surface area contributed by atoms with Crippen LogP contribution >= 0.6 is 27.3 Å². The second-order valence-corrected chi connectivity index (χ2v) is 9.14. The lowest BCUT2D eigenvalue weighted by molar-refractivity contribution is -0.115. The molecule has 7 heteroatoms. The van der Waals surface area contributed by atoms with Gasteiger partial charge in [0.1, 0.15) is 5.75 Å². The molecule has 0 aliphatic heterocycles. The van der Waals surface area contributed by atoms with Crippen LogP contribution in [0.5, 0.6) is 0 Å². The number of hydrogen-bond acceptors (Lipinski definition) is 4. The number of amides is 1. The first-order chi connectivity index (χ1) is 9.87. The van der Waals surface area contributed by atoms with Gasteiger partial charge >= 0.3 is 0 Å². The number of para-hydroxylation sites is 1. The Morgan fingerprint density at radius 2 is 1.86 bits per heavy atom. The molecule has 0 saturated carbocycles. The van der Waals surface area contributed by atoms with Crippen LogP contribution in [0.25, 0.3) is 0 Å². The zero-order valence-electron chi connectivity index (χ0n) is 11.3. The lowest BCUT2D eigenvalue weighted by atomic mass is 10.3. The van der Waals surface area contributed by atoms with Crippen LogP contribution in [0.4, 0.5) is 5.69 Å². The monoisotopic (exact) mass is 387 g/mol. The van der Waals surface area contributed by atoms with E-state index in [4.69, 9.17) is 0 Å². The van der Waals surface area contributed by atoms with Crippen LogP contribution in [-0.4, -0.2) is 27.1 Å². The van der Waals surface area contributed by atoms with Crippen molar-refractivity contribution >= 4 is 48.7 Å². The summed E-state index contributed by atoms with van der Waals surface area (Å²) in [4.78, 5) is 14.2. The van der Waals surface area contributed by atoms with Crippen molar-refractivity contribution in [2.24, 2.45) is 0 Å². The Hall–Kier alpha value is -1.18. The third-order valence-electron chi connectivity index (χ3n) is 2.85. The third kappa shape index (κ3) is 4.66. The molecule has 0 aliphatic carbocycles. The Kier molecular flexibility index (Phi) is 5.18. The molecule has 0 N–H and O–H groups in total. The summed E-state index contributed by atoms with van der Waals surface area (Å²) in [6.07, 6.45) is 0. The van der Waals surface area contributed by atoms with E-state index in [1.54, 1.807) is 43.4 Å². The van der Waals surface area contributed by atoms with Crippen molar-refractivity contribution < 1.29 is 13.2 Å². The third-order valence-corrected chi connectivity index (χ3v) is 6.10. The number of nitrogens with zero attached hydrogens (tertiary/aromatic N) is 1. The van der Waals surface area contributed by atoms with Gasteiger partial charge in [-0.25, -0.2) is 8.42 Å². The van der Waals surface area contributed by atoms with E-state index >= 15 is 0 Å².